The van der Waals surface area contributed by atoms with Crippen molar-refractivity contribution in [1.82, 2.24) is 4.57 Å². The summed E-state index contributed by atoms with van der Waals surface area (Å²) in [7, 11) is 0. The smallest absolute Gasteiger partial charge is 0.101 e. The van der Waals surface area contributed by atoms with E-state index in [9.17, 15) is 0 Å². The summed E-state index contributed by atoms with van der Waals surface area (Å²) in [5.41, 5.74) is 7.48. The van der Waals surface area contributed by atoms with E-state index in [2.05, 4.69) is 161 Å². The predicted octanol–water partition coefficient (Wildman–Crippen LogP) is 11.3. The SMILES string of the molecule is C1=CC(c2ccccc2)CC=C1N(c1ccccc1)c1ccc(-c2cc3c(s2)c2ccccc2n3-c2ccccc2)s1. The average Bonchev–Trinajstić information content (AvgIpc) is 3.78. The van der Waals surface area contributed by atoms with Gasteiger partial charge in [-0.15, -0.1) is 22.7 Å². The van der Waals surface area contributed by atoms with Gasteiger partial charge in [0, 0.05) is 38.1 Å². The second-order valence-electron chi connectivity index (χ2n) is 10.6. The van der Waals surface area contributed by atoms with Crippen molar-refractivity contribution in [2.45, 2.75) is 12.3 Å². The number of para-hydroxylation sites is 3. The zero-order valence-electron chi connectivity index (χ0n) is 22.9. The summed E-state index contributed by atoms with van der Waals surface area (Å²) in [5, 5.41) is 2.53. The lowest BCUT2D eigenvalue weighted by atomic mass is 9.91. The van der Waals surface area contributed by atoms with Gasteiger partial charge in [-0.05, 0) is 66.6 Å². The van der Waals surface area contributed by atoms with Crippen molar-refractivity contribution >= 4 is 54.5 Å². The molecular formula is C38H28N2S2. The van der Waals surface area contributed by atoms with E-state index in [4.69, 9.17) is 0 Å². The number of fused-ring (bicyclic) bond motifs is 3. The van der Waals surface area contributed by atoms with E-state index in [1.807, 2.05) is 22.7 Å². The highest BCUT2D eigenvalue weighted by Crippen LogP contribution is 2.46. The van der Waals surface area contributed by atoms with Gasteiger partial charge in [0.05, 0.1) is 15.7 Å². The lowest BCUT2D eigenvalue weighted by molar-refractivity contribution is 0.840. The van der Waals surface area contributed by atoms with Gasteiger partial charge in [-0.25, -0.2) is 0 Å². The summed E-state index contributed by atoms with van der Waals surface area (Å²) < 4.78 is 3.74. The van der Waals surface area contributed by atoms with Crippen LogP contribution in [0.5, 0.6) is 0 Å². The van der Waals surface area contributed by atoms with Crippen LogP contribution in [0.3, 0.4) is 0 Å². The largest absolute Gasteiger partial charge is 0.308 e. The van der Waals surface area contributed by atoms with Crippen LogP contribution in [-0.4, -0.2) is 4.57 Å². The fourth-order valence-electron chi connectivity index (χ4n) is 5.99. The number of hydrogen-bond acceptors (Lipinski definition) is 3. The highest BCUT2D eigenvalue weighted by molar-refractivity contribution is 7.27. The number of benzene rings is 4. The highest BCUT2D eigenvalue weighted by Gasteiger charge is 2.21. The maximum Gasteiger partial charge on any atom is 0.101 e. The number of anilines is 2. The Balaban J connectivity index is 1.18. The molecule has 0 aliphatic heterocycles. The summed E-state index contributed by atoms with van der Waals surface area (Å²) in [4.78, 5) is 4.99. The van der Waals surface area contributed by atoms with Gasteiger partial charge in [0.2, 0.25) is 0 Å². The molecule has 4 aromatic carbocycles. The molecule has 1 aliphatic rings. The monoisotopic (exact) mass is 576 g/mol. The normalized spacial score (nSPS) is 14.9. The van der Waals surface area contributed by atoms with E-state index in [0.29, 0.717) is 5.92 Å². The third-order valence-corrected chi connectivity index (χ3v) is 10.4. The van der Waals surface area contributed by atoms with E-state index in [0.717, 1.165) is 6.42 Å². The Morgan fingerprint density at radius 1 is 0.643 bits per heavy atom. The molecule has 202 valence electrons. The number of rotatable bonds is 6. The summed E-state index contributed by atoms with van der Waals surface area (Å²) >= 11 is 3.75. The molecule has 1 aliphatic carbocycles. The van der Waals surface area contributed by atoms with Crippen molar-refractivity contribution in [3.63, 3.8) is 0 Å². The fourth-order valence-corrected chi connectivity index (χ4v) is 8.30. The molecule has 0 saturated carbocycles. The highest BCUT2D eigenvalue weighted by atomic mass is 32.1. The standard InChI is InChI=1S/C38H28N2S2/c1-4-12-27(13-5-1)28-20-22-31(23-21-28)39(29-14-6-2-7-15-29)37-25-24-35(41-37)36-26-34-38(42-36)32-18-10-11-19-33(32)40(34)30-16-8-3-9-17-30/h1-20,22-26,28H,21H2. The first kappa shape index (κ1) is 25.1. The lowest BCUT2D eigenvalue weighted by Crippen LogP contribution is -2.16. The molecule has 0 spiro atoms. The molecule has 0 saturated heterocycles. The van der Waals surface area contributed by atoms with Gasteiger partial charge < -0.3 is 9.47 Å². The van der Waals surface area contributed by atoms with E-state index in [1.165, 1.54) is 58.5 Å². The van der Waals surface area contributed by atoms with E-state index in [1.54, 1.807) is 0 Å². The zero-order valence-corrected chi connectivity index (χ0v) is 24.6. The number of allylic oxidation sites excluding steroid dienone is 3. The molecule has 0 bridgehead atoms. The van der Waals surface area contributed by atoms with Crippen LogP contribution >= 0.6 is 22.7 Å². The molecule has 4 heteroatoms. The third kappa shape index (κ3) is 4.40. The Labute approximate surface area is 253 Å². The van der Waals surface area contributed by atoms with Gasteiger partial charge in [0.1, 0.15) is 5.00 Å². The number of aromatic nitrogens is 1. The molecule has 3 heterocycles. The first-order chi connectivity index (χ1) is 20.8. The number of thiophene rings is 2. The minimum atomic E-state index is 0.412. The van der Waals surface area contributed by atoms with Crippen molar-refractivity contribution in [2.24, 2.45) is 0 Å². The molecule has 42 heavy (non-hydrogen) atoms. The number of hydrogen-bond donors (Lipinski definition) is 0. The Hall–Kier alpha value is -4.64. The first-order valence-electron chi connectivity index (χ1n) is 14.3. The van der Waals surface area contributed by atoms with Crippen LogP contribution in [-0.2, 0) is 0 Å². The molecule has 8 rings (SSSR count). The molecule has 1 atom stereocenters. The topological polar surface area (TPSA) is 8.17 Å². The quantitative estimate of drug-likeness (QED) is 0.191. The fraction of sp³-hybridized carbons (Fsp3) is 0.0526. The molecule has 0 fully saturated rings. The lowest BCUT2D eigenvalue weighted by Gasteiger charge is -2.27. The van der Waals surface area contributed by atoms with E-state index < -0.39 is 0 Å². The van der Waals surface area contributed by atoms with Crippen LogP contribution in [0.2, 0.25) is 0 Å². The molecule has 3 aromatic heterocycles. The van der Waals surface area contributed by atoms with Crippen LogP contribution in [0.25, 0.3) is 36.6 Å². The summed E-state index contributed by atoms with van der Waals surface area (Å²) in [5.74, 6) is 0.412. The van der Waals surface area contributed by atoms with Crippen molar-refractivity contribution in [3.05, 3.63) is 163 Å². The van der Waals surface area contributed by atoms with Crippen molar-refractivity contribution in [1.29, 1.82) is 0 Å². The predicted molar refractivity (Wildman–Crippen MR) is 182 cm³/mol. The minimum absolute atomic E-state index is 0.412. The second kappa shape index (κ2) is 10.6. The van der Waals surface area contributed by atoms with Crippen LogP contribution in [0.1, 0.15) is 17.9 Å². The maximum absolute atomic E-state index is 2.40. The van der Waals surface area contributed by atoms with E-state index >= 15 is 0 Å². The van der Waals surface area contributed by atoms with Gasteiger partial charge in [-0.2, -0.15) is 0 Å². The molecule has 2 nitrogen and oxygen atoms in total. The van der Waals surface area contributed by atoms with Gasteiger partial charge >= 0.3 is 0 Å². The summed E-state index contributed by atoms with van der Waals surface area (Å²) in [6.45, 7) is 0. The zero-order chi connectivity index (χ0) is 27.9. The van der Waals surface area contributed by atoms with Gasteiger partial charge in [0.25, 0.3) is 0 Å². The summed E-state index contributed by atoms with van der Waals surface area (Å²) in [6, 6.07) is 47.9. The molecule has 1 unspecified atom stereocenters. The molecule has 0 N–H and O–H groups in total. The summed E-state index contributed by atoms with van der Waals surface area (Å²) in [6.07, 6.45) is 8.03. The van der Waals surface area contributed by atoms with Crippen LogP contribution in [0.15, 0.2) is 157 Å². The van der Waals surface area contributed by atoms with Gasteiger partial charge in [-0.1, -0.05) is 97.1 Å². The second-order valence-corrected chi connectivity index (χ2v) is 12.7. The molecule has 7 aromatic rings. The Morgan fingerprint density at radius 2 is 1.36 bits per heavy atom. The van der Waals surface area contributed by atoms with Crippen LogP contribution in [0, 0.1) is 0 Å². The molecular weight excluding hydrogens is 549 g/mol. The maximum atomic E-state index is 2.40. The molecule has 0 amide bonds. The average molecular weight is 577 g/mol. The third-order valence-electron chi connectivity index (χ3n) is 7.99. The van der Waals surface area contributed by atoms with Crippen LogP contribution in [0.4, 0.5) is 10.7 Å². The van der Waals surface area contributed by atoms with Crippen molar-refractivity contribution in [3.8, 4) is 15.4 Å². The van der Waals surface area contributed by atoms with E-state index in [-0.39, 0.29) is 0 Å². The first-order valence-corrected chi connectivity index (χ1v) is 15.9. The van der Waals surface area contributed by atoms with Crippen LogP contribution < -0.4 is 4.90 Å². The number of nitrogens with zero attached hydrogens (tertiary/aromatic N) is 2. The molecule has 0 radical (unpaired) electrons. The Kier molecular flexibility index (Phi) is 6.36. The Bertz CT molecular complexity index is 2060. The minimum Gasteiger partial charge on any atom is -0.308 e. The van der Waals surface area contributed by atoms with Crippen molar-refractivity contribution in [2.75, 3.05) is 4.90 Å². The van der Waals surface area contributed by atoms with Gasteiger partial charge in [0.15, 0.2) is 0 Å². The van der Waals surface area contributed by atoms with Gasteiger partial charge in [-0.3, -0.25) is 0 Å². The van der Waals surface area contributed by atoms with Crippen molar-refractivity contribution < 1.29 is 0 Å². The Morgan fingerprint density at radius 3 is 2.12 bits per heavy atom.